The fourth-order valence-electron chi connectivity index (χ4n) is 3.66. The second-order valence-corrected chi connectivity index (χ2v) is 8.26. The summed E-state index contributed by atoms with van der Waals surface area (Å²) in [6.07, 6.45) is 2.07. The van der Waals surface area contributed by atoms with Gasteiger partial charge in [0.05, 0.1) is 0 Å². The molecule has 2 aliphatic rings. The first-order chi connectivity index (χ1) is 13.7. The lowest BCUT2D eigenvalue weighted by molar-refractivity contribution is 0.174. The quantitative estimate of drug-likeness (QED) is 0.577. The standard InChI is InChI=1S/C21H28N4O2S/c1-15(25-9-6-20-17(13-25)7-10-28-20)12-24-21(22-2)23-8-5-16-3-4-18-19(11-16)27-14-26-18/h3-4,7,10-11,15H,5-6,8-9,12-14H2,1-2H3,(H2,22,23,24). The number of thiophene rings is 1. The number of aliphatic imine (C=N–C) groups is 1. The fourth-order valence-corrected chi connectivity index (χ4v) is 4.55. The first kappa shape index (κ1) is 19.1. The van der Waals surface area contributed by atoms with E-state index >= 15 is 0 Å². The van der Waals surface area contributed by atoms with E-state index in [-0.39, 0.29) is 0 Å². The van der Waals surface area contributed by atoms with Gasteiger partial charge in [-0.2, -0.15) is 0 Å². The molecule has 7 heteroatoms. The van der Waals surface area contributed by atoms with E-state index < -0.39 is 0 Å². The molecule has 1 aromatic carbocycles. The Labute approximate surface area is 170 Å². The molecule has 28 heavy (non-hydrogen) atoms. The summed E-state index contributed by atoms with van der Waals surface area (Å²) in [7, 11) is 1.82. The summed E-state index contributed by atoms with van der Waals surface area (Å²) in [5.41, 5.74) is 2.72. The molecule has 0 spiro atoms. The third kappa shape index (κ3) is 4.42. The van der Waals surface area contributed by atoms with Crippen molar-refractivity contribution in [1.82, 2.24) is 15.5 Å². The van der Waals surface area contributed by atoms with Gasteiger partial charge in [-0.1, -0.05) is 6.07 Å². The molecule has 0 bridgehead atoms. The van der Waals surface area contributed by atoms with Crippen molar-refractivity contribution in [3.8, 4) is 11.5 Å². The Hall–Kier alpha value is -2.25. The second-order valence-electron chi connectivity index (χ2n) is 7.26. The first-order valence-corrected chi connectivity index (χ1v) is 10.7. The van der Waals surface area contributed by atoms with Crippen LogP contribution < -0.4 is 20.1 Å². The highest BCUT2D eigenvalue weighted by molar-refractivity contribution is 7.10. The van der Waals surface area contributed by atoms with Crippen LogP contribution in [0.3, 0.4) is 0 Å². The molecule has 0 fully saturated rings. The summed E-state index contributed by atoms with van der Waals surface area (Å²) in [4.78, 5) is 8.45. The summed E-state index contributed by atoms with van der Waals surface area (Å²) in [5, 5.41) is 9.08. The van der Waals surface area contributed by atoms with Gasteiger partial charge in [-0.05, 0) is 54.5 Å². The maximum Gasteiger partial charge on any atom is 0.231 e. The van der Waals surface area contributed by atoms with Crippen molar-refractivity contribution in [3.05, 3.63) is 45.6 Å². The van der Waals surface area contributed by atoms with E-state index in [2.05, 4.69) is 51.0 Å². The molecule has 2 N–H and O–H groups in total. The van der Waals surface area contributed by atoms with Crippen molar-refractivity contribution in [3.63, 3.8) is 0 Å². The lowest BCUT2D eigenvalue weighted by Crippen LogP contribution is -2.47. The average Bonchev–Trinajstić information content (AvgIpc) is 3.38. The van der Waals surface area contributed by atoms with Gasteiger partial charge >= 0.3 is 0 Å². The van der Waals surface area contributed by atoms with Gasteiger partial charge in [0, 0.05) is 44.1 Å². The van der Waals surface area contributed by atoms with E-state index in [9.17, 15) is 0 Å². The molecule has 2 aliphatic heterocycles. The predicted molar refractivity (Wildman–Crippen MR) is 114 cm³/mol. The molecule has 3 heterocycles. The van der Waals surface area contributed by atoms with Crippen molar-refractivity contribution < 1.29 is 9.47 Å². The third-order valence-corrected chi connectivity index (χ3v) is 6.42. The van der Waals surface area contributed by atoms with E-state index in [1.807, 2.05) is 24.5 Å². The number of hydrogen-bond donors (Lipinski definition) is 2. The Morgan fingerprint density at radius 2 is 2.14 bits per heavy atom. The molecule has 0 amide bonds. The minimum Gasteiger partial charge on any atom is -0.454 e. The van der Waals surface area contributed by atoms with Gasteiger partial charge in [0.25, 0.3) is 0 Å². The monoisotopic (exact) mass is 400 g/mol. The molecule has 0 aliphatic carbocycles. The molecule has 4 rings (SSSR count). The van der Waals surface area contributed by atoms with Crippen LogP contribution in [0.2, 0.25) is 0 Å². The molecule has 1 atom stereocenters. The predicted octanol–water partition coefficient (Wildman–Crippen LogP) is 2.63. The lowest BCUT2D eigenvalue weighted by Gasteiger charge is -2.32. The second kappa shape index (κ2) is 8.84. The topological polar surface area (TPSA) is 58.1 Å². The zero-order valence-electron chi connectivity index (χ0n) is 16.5. The van der Waals surface area contributed by atoms with Crippen molar-refractivity contribution in [2.75, 3.05) is 33.5 Å². The first-order valence-electron chi connectivity index (χ1n) is 9.85. The van der Waals surface area contributed by atoms with Crippen molar-refractivity contribution in [2.24, 2.45) is 4.99 Å². The summed E-state index contributed by atoms with van der Waals surface area (Å²) in [5.74, 6) is 2.51. The average molecular weight is 401 g/mol. The normalized spacial score (nSPS) is 17.3. The zero-order valence-corrected chi connectivity index (χ0v) is 17.3. The molecule has 6 nitrogen and oxygen atoms in total. The smallest absolute Gasteiger partial charge is 0.231 e. The maximum atomic E-state index is 5.44. The fraction of sp³-hybridized carbons (Fsp3) is 0.476. The van der Waals surface area contributed by atoms with Crippen LogP contribution in [0.4, 0.5) is 0 Å². The number of hydrogen-bond acceptors (Lipinski definition) is 5. The van der Waals surface area contributed by atoms with Gasteiger partial charge in [0.2, 0.25) is 6.79 Å². The molecule has 0 saturated heterocycles. The maximum absolute atomic E-state index is 5.44. The van der Waals surface area contributed by atoms with Gasteiger partial charge in [-0.15, -0.1) is 11.3 Å². The lowest BCUT2D eigenvalue weighted by atomic mass is 10.1. The van der Waals surface area contributed by atoms with Crippen LogP contribution in [-0.4, -0.2) is 50.4 Å². The third-order valence-electron chi connectivity index (χ3n) is 5.39. The van der Waals surface area contributed by atoms with E-state index in [1.165, 1.54) is 17.5 Å². The summed E-state index contributed by atoms with van der Waals surface area (Å²) in [6.45, 7) is 6.48. The van der Waals surface area contributed by atoms with Crippen LogP contribution in [-0.2, 0) is 19.4 Å². The molecule has 0 saturated carbocycles. The van der Waals surface area contributed by atoms with E-state index in [4.69, 9.17) is 9.47 Å². The van der Waals surface area contributed by atoms with Gasteiger partial charge in [0.1, 0.15) is 0 Å². The van der Waals surface area contributed by atoms with E-state index in [0.29, 0.717) is 12.8 Å². The number of ether oxygens (including phenoxy) is 2. The number of fused-ring (bicyclic) bond motifs is 2. The molecular formula is C21H28N4O2S. The number of guanidine groups is 1. The Morgan fingerprint density at radius 1 is 1.25 bits per heavy atom. The number of nitrogens with one attached hydrogen (secondary N) is 2. The zero-order chi connectivity index (χ0) is 19.3. The van der Waals surface area contributed by atoms with E-state index in [1.54, 1.807) is 4.88 Å². The van der Waals surface area contributed by atoms with Crippen LogP contribution >= 0.6 is 11.3 Å². The van der Waals surface area contributed by atoms with Crippen molar-refractivity contribution in [2.45, 2.75) is 32.4 Å². The van der Waals surface area contributed by atoms with Crippen LogP contribution in [0.5, 0.6) is 11.5 Å². The Kier molecular flexibility index (Phi) is 6.02. The molecule has 2 aromatic rings. The van der Waals surface area contributed by atoms with Crippen molar-refractivity contribution >= 4 is 17.3 Å². The highest BCUT2D eigenvalue weighted by Gasteiger charge is 2.21. The largest absolute Gasteiger partial charge is 0.454 e. The number of benzene rings is 1. The summed E-state index contributed by atoms with van der Waals surface area (Å²) < 4.78 is 10.8. The molecule has 1 aromatic heterocycles. The number of nitrogens with zero attached hydrogens (tertiary/aromatic N) is 2. The van der Waals surface area contributed by atoms with Gasteiger partial charge < -0.3 is 20.1 Å². The van der Waals surface area contributed by atoms with Gasteiger partial charge in [-0.3, -0.25) is 9.89 Å². The molecular weight excluding hydrogens is 372 g/mol. The van der Waals surface area contributed by atoms with Crippen LogP contribution in [0.15, 0.2) is 34.6 Å². The minimum absolute atomic E-state index is 0.316. The molecule has 0 radical (unpaired) electrons. The number of rotatable bonds is 6. The van der Waals surface area contributed by atoms with Crippen molar-refractivity contribution in [1.29, 1.82) is 0 Å². The Bertz CT molecular complexity index is 836. The van der Waals surface area contributed by atoms with Gasteiger partial charge in [0.15, 0.2) is 17.5 Å². The highest BCUT2D eigenvalue weighted by atomic mass is 32.1. The SMILES string of the molecule is CN=C(NCCc1ccc2c(c1)OCO2)NCC(C)N1CCc2sccc2C1. The van der Waals surface area contributed by atoms with Crippen LogP contribution in [0.1, 0.15) is 22.9 Å². The highest BCUT2D eigenvalue weighted by Crippen LogP contribution is 2.32. The van der Waals surface area contributed by atoms with Crippen LogP contribution in [0, 0.1) is 0 Å². The Balaban J connectivity index is 1.20. The van der Waals surface area contributed by atoms with E-state index in [0.717, 1.165) is 50.1 Å². The molecule has 1 unspecified atom stereocenters. The Morgan fingerprint density at radius 3 is 3.04 bits per heavy atom. The minimum atomic E-state index is 0.316. The summed E-state index contributed by atoms with van der Waals surface area (Å²) >= 11 is 1.89. The summed E-state index contributed by atoms with van der Waals surface area (Å²) in [6, 6.07) is 8.84. The van der Waals surface area contributed by atoms with Gasteiger partial charge in [-0.25, -0.2) is 0 Å². The van der Waals surface area contributed by atoms with Crippen LogP contribution in [0.25, 0.3) is 0 Å². The molecule has 150 valence electrons.